The Morgan fingerprint density at radius 3 is 2.69 bits per heavy atom. The van der Waals surface area contributed by atoms with Gasteiger partial charge < -0.3 is 0 Å². The van der Waals surface area contributed by atoms with Crippen LogP contribution in [0.25, 0.3) is 0 Å². The fraction of sp³-hybridized carbons (Fsp3) is 0.111. The van der Waals surface area contributed by atoms with Gasteiger partial charge in [-0.3, -0.25) is 10.9 Å². The molecule has 0 saturated carbocycles. The van der Waals surface area contributed by atoms with Gasteiger partial charge in [0, 0.05) is 0 Å². The first kappa shape index (κ1) is 11.3. The van der Waals surface area contributed by atoms with Crippen LogP contribution in [0.15, 0.2) is 24.5 Å². The summed E-state index contributed by atoms with van der Waals surface area (Å²) in [5.41, 5.74) is 3.49. The van der Waals surface area contributed by atoms with Crippen molar-refractivity contribution in [3.63, 3.8) is 0 Å². The fourth-order valence-corrected chi connectivity index (χ4v) is 1.69. The van der Waals surface area contributed by atoms with E-state index in [1.807, 2.05) is 6.07 Å². The van der Waals surface area contributed by atoms with Crippen LogP contribution in [0.4, 0.5) is 0 Å². The Balaban J connectivity index is 2.37. The summed E-state index contributed by atoms with van der Waals surface area (Å²) < 4.78 is 0. The molecule has 0 spiro atoms. The lowest BCUT2D eigenvalue weighted by Gasteiger charge is -2.13. The molecule has 0 aliphatic heterocycles. The molecular weight excluding hydrogens is 249 g/mol. The lowest BCUT2D eigenvalue weighted by molar-refractivity contribution is 0.604. The minimum Gasteiger partial charge on any atom is -0.270 e. The maximum atomic E-state index is 5.93. The number of aromatic nitrogens is 3. The Morgan fingerprint density at radius 2 is 2.12 bits per heavy atom. The predicted molar refractivity (Wildman–Crippen MR) is 62.0 cm³/mol. The van der Waals surface area contributed by atoms with E-state index in [1.165, 1.54) is 6.33 Å². The zero-order chi connectivity index (χ0) is 11.5. The van der Waals surface area contributed by atoms with Gasteiger partial charge in [-0.2, -0.15) is 5.10 Å². The van der Waals surface area contributed by atoms with Gasteiger partial charge in [0.25, 0.3) is 0 Å². The number of nitrogens with two attached hydrogens (primary N) is 1. The van der Waals surface area contributed by atoms with Crippen LogP contribution in [0.3, 0.4) is 0 Å². The molecule has 0 aliphatic carbocycles. The highest BCUT2D eigenvalue weighted by atomic mass is 35.5. The van der Waals surface area contributed by atoms with E-state index in [0.29, 0.717) is 15.9 Å². The summed E-state index contributed by atoms with van der Waals surface area (Å²) in [4.78, 5) is 4.03. The van der Waals surface area contributed by atoms with Gasteiger partial charge in [-0.05, 0) is 17.7 Å². The summed E-state index contributed by atoms with van der Waals surface area (Å²) in [7, 11) is 0. The van der Waals surface area contributed by atoms with Crippen molar-refractivity contribution in [2.45, 2.75) is 6.04 Å². The molecule has 0 aliphatic rings. The Morgan fingerprint density at radius 1 is 1.31 bits per heavy atom. The third kappa shape index (κ3) is 2.17. The third-order valence-corrected chi connectivity index (χ3v) is 2.89. The molecule has 0 bridgehead atoms. The van der Waals surface area contributed by atoms with Crippen molar-refractivity contribution in [3.05, 3.63) is 46.0 Å². The lowest BCUT2D eigenvalue weighted by atomic mass is 10.1. The average molecular weight is 258 g/mol. The van der Waals surface area contributed by atoms with Gasteiger partial charge in [-0.1, -0.05) is 29.3 Å². The number of halogens is 2. The highest BCUT2D eigenvalue weighted by molar-refractivity contribution is 6.42. The first-order valence-electron chi connectivity index (χ1n) is 4.48. The van der Waals surface area contributed by atoms with E-state index in [2.05, 4.69) is 20.6 Å². The molecule has 1 aromatic heterocycles. The summed E-state index contributed by atoms with van der Waals surface area (Å²) in [6, 6.07) is 4.97. The zero-order valence-electron chi connectivity index (χ0n) is 8.11. The van der Waals surface area contributed by atoms with Crippen molar-refractivity contribution in [3.8, 4) is 0 Å². The number of nitrogens with zero attached hydrogens (tertiary/aromatic N) is 2. The van der Waals surface area contributed by atoms with E-state index in [0.717, 1.165) is 5.56 Å². The molecular formula is C9H9Cl2N5. The van der Waals surface area contributed by atoms with Crippen molar-refractivity contribution in [1.29, 1.82) is 0 Å². The quantitative estimate of drug-likeness (QED) is 0.577. The molecule has 2 rings (SSSR count). The van der Waals surface area contributed by atoms with Gasteiger partial charge in [-0.15, -0.1) is 0 Å². The van der Waals surface area contributed by atoms with Crippen LogP contribution >= 0.6 is 23.2 Å². The van der Waals surface area contributed by atoms with Gasteiger partial charge in [0.15, 0.2) is 0 Å². The number of aromatic amines is 1. The number of H-pyrrole nitrogens is 1. The average Bonchev–Trinajstić information content (AvgIpc) is 2.78. The van der Waals surface area contributed by atoms with Gasteiger partial charge in [0.05, 0.1) is 10.0 Å². The molecule has 0 radical (unpaired) electrons. The predicted octanol–water partition coefficient (Wildman–Crippen LogP) is 1.66. The Hall–Kier alpha value is -1.14. The summed E-state index contributed by atoms with van der Waals surface area (Å²) in [5.74, 6) is 6.08. The normalized spacial score (nSPS) is 12.7. The van der Waals surface area contributed by atoms with Crippen LogP contribution < -0.4 is 11.3 Å². The van der Waals surface area contributed by atoms with Crippen molar-refractivity contribution in [2.24, 2.45) is 5.84 Å². The van der Waals surface area contributed by atoms with Gasteiger partial charge >= 0.3 is 0 Å². The molecule has 16 heavy (non-hydrogen) atoms. The van der Waals surface area contributed by atoms with Crippen LogP contribution in [-0.2, 0) is 0 Å². The van der Waals surface area contributed by atoms with Crippen LogP contribution in [0.1, 0.15) is 17.4 Å². The summed E-state index contributed by atoms with van der Waals surface area (Å²) in [6.07, 6.45) is 1.41. The monoisotopic (exact) mass is 257 g/mol. The molecule has 0 amide bonds. The van der Waals surface area contributed by atoms with Crippen molar-refractivity contribution in [1.82, 2.24) is 20.6 Å². The minimum absolute atomic E-state index is 0.294. The standard InChI is InChI=1S/C9H9Cl2N5/c10-6-2-1-5(3-7(6)11)8(15-12)9-13-4-14-16-9/h1-4,8,15H,12H2,(H,13,14,16). The molecule has 7 heteroatoms. The second kappa shape index (κ2) is 4.80. The Labute approximate surface area is 102 Å². The van der Waals surface area contributed by atoms with E-state index in [1.54, 1.807) is 12.1 Å². The first-order valence-corrected chi connectivity index (χ1v) is 5.24. The topological polar surface area (TPSA) is 79.6 Å². The van der Waals surface area contributed by atoms with Crippen LogP contribution in [0.2, 0.25) is 10.0 Å². The number of hydrazine groups is 1. The second-order valence-electron chi connectivity index (χ2n) is 3.14. The SMILES string of the molecule is NNC(c1ccc(Cl)c(Cl)c1)c1ncn[nH]1. The van der Waals surface area contributed by atoms with Crippen molar-refractivity contribution in [2.75, 3.05) is 0 Å². The molecule has 5 nitrogen and oxygen atoms in total. The van der Waals surface area contributed by atoms with Crippen molar-refractivity contribution < 1.29 is 0 Å². The lowest BCUT2D eigenvalue weighted by Crippen LogP contribution is -2.29. The largest absolute Gasteiger partial charge is 0.270 e. The zero-order valence-corrected chi connectivity index (χ0v) is 9.63. The first-order chi connectivity index (χ1) is 7.72. The van der Waals surface area contributed by atoms with Crippen LogP contribution in [-0.4, -0.2) is 15.2 Å². The number of benzene rings is 1. The molecule has 1 atom stereocenters. The molecule has 1 heterocycles. The van der Waals surface area contributed by atoms with Gasteiger partial charge in [0.1, 0.15) is 18.2 Å². The minimum atomic E-state index is -0.294. The van der Waals surface area contributed by atoms with Crippen LogP contribution in [0, 0.1) is 0 Å². The molecule has 0 fully saturated rings. The molecule has 0 saturated heterocycles. The third-order valence-electron chi connectivity index (χ3n) is 2.15. The Kier molecular flexibility index (Phi) is 3.40. The number of hydrogen-bond acceptors (Lipinski definition) is 4. The fourth-order valence-electron chi connectivity index (χ4n) is 1.38. The molecule has 1 aromatic carbocycles. The van der Waals surface area contributed by atoms with E-state index < -0.39 is 0 Å². The van der Waals surface area contributed by atoms with E-state index in [4.69, 9.17) is 29.0 Å². The Bertz CT molecular complexity index is 471. The number of nitrogens with one attached hydrogen (secondary N) is 2. The molecule has 1 unspecified atom stereocenters. The van der Waals surface area contributed by atoms with E-state index in [-0.39, 0.29) is 6.04 Å². The number of hydrogen-bond donors (Lipinski definition) is 3. The van der Waals surface area contributed by atoms with Gasteiger partial charge in [0.2, 0.25) is 0 Å². The maximum Gasteiger partial charge on any atom is 0.147 e. The second-order valence-corrected chi connectivity index (χ2v) is 3.96. The highest BCUT2D eigenvalue weighted by Crippen LogP contribution is 2.27. The van der Waals surface area contributed by atoms with Crippen molar-refractivity contribution >= 4 is 23.2 Å². The summed E-state index contributed by atoms with van der Waals surface area (Å²) >= 11 is 11.8. The smallest absolute Gasteiger partial charge is 0.147 e. The highest BCUT2D eigenvalue weighted by Gasteiger charge is 2.16. The summed E-state index contributed by atoms with van der Waals surface area (Å²) in [6.45, 7) is 0. The summed E-state index contributed by atoms with van der Waals surface area (Å²) in [5, 5.41) is 7.48. The number of rotatable bonds is 3. The molecule has 84 valence electrons. The molecule has 2 aromatic rings. The molecule has 4 N–H and O–H groups in total. The van der Waals surface area contributed by atoms with Gasteiger partial charge in [-0.25, -0.2) is 10.4 Å². The van der Waals surface area contributed by atoms with Crippen LogP contribution in [0.5, 0.6) is 0 Å². The van der Waals surface area contributed by atoms with E-state index in [9.17, 15) is 0 Å². The van der Waals surface area contributed by atoms with E-state index >= 15 is 0 Å². The maximum absolute atomic E-state index is 5.93.